The largest absolute Gasteiger partial charge is 0.496 e. The minimum atomic E-state index is -0.179. The third-order valence-corrected chi connectivity index (χ3v) is 2.91. The smallest absolute Gasteiger partial charge is 0.315 e. The molecule has 2 amide bonds. The number of carbonyl (C=O) groups is 1. The van der Waals surface area contributed by atoms with E-state index in [9.17, 15) is 4.79 Å². The molecular formula is C15H24N2O3. The van der Waals surface area contributed by atoms with Gasteiger partial charge in [0.05, 0.1) is 19.8 Å². The Kier molecular flexibility index (Phi) is 6.87. The van der Waals surface area contributed by atoms with Gasteiger partial charge in [0.1, 0.15) is 5.75 Å². The number of ether oxygens (including phenoxy) is 2. The van der Waals surface area contributed by atoms with Crippen molar-refractivity contribution in [2.45, 2.75) is 26.3 Å². The van der Waals surface area contributed by atoms with Crippen molar-refractivity contribution < 1.29 is 14.3 Å². The highest BCUT2D eigenvalue weighted by Gasteiger charge is 2.07. The van der Waals surface area contributed by atoms with Crippen molar-refractivity contribution in [2.24, 2.45) is 0 Å². The molecule has 1 atom stereocenters. The Hall–Kier alpha value is -1.75. The van der Waals surface area contributed by atoms with Crippen LogP contribution in [0.1, 0.15) is 18.1 Å². The van der Waals surface area contributed by atoms with Gasteiger partial charge in [-0.05, 0) is 31.9 Å². The van der Waals surface area contributed by atoms with Crippen molar-refractivity contribution in [1.29, 1.82) is 0 Å². The number of amides is 2. The topological polar surface area (TPSA) is 59.6 Å². The predicted octanol–water partition coefficient (Wildman–Crippen LogP) is 1.88. The summed E-state index contributed by atoms with van der Waals surface area (Å²) in [5, 5.41) is 5.63. The quantitative estimate of drug-likeness (QED) is 0.801. The third kappa shape index (κ3) is 5.48. The molecule has 0 spiro atoms. The summed E-state index contributed by atoms with van der Waals surface area (Å²) in [6.07, 6.45) is 0.733. The summed E-state index contributed by atoms with van der Waals surface area (Å²) < 4.78 is 10.3. The molecule has 0 radical (unpaired) electrons. The lowest BCUT2D eigenvalue weighted by atomic mass is 10.1. The molecule has 112 valence electrons. The molecule has 5 nitrogen and oxygen atoms in total. The minimum Gasteiger partial charge on any atom is -0.496 e. The maximum Gasteiger partial charge on any atom is 0.315 e. The average molecular weight is 280 g/mol. The molecule has 1 unspecified atom stereocenters. The van der Waals surface area contributed by atoms with Gasteiger partial charge in [-0.15, -0.1) is 0 Å². The Morgan fingerprint density at radius 1 is 1.35 bits per heavy atom. The molecule has 1 aromatic rings. The van der Waals surface area contributed by atoms with Crippen LogP contribution in [-0.2, 0) is 11.2 Å². The van der Waals surface area contributed by atoms with E-state index >= 15 is 0 Å². The molecule has 0 aliphatic rings. The normalized spacial score (nSPS) is 11.8. The number of hydrogen-bond donors (Lipinski definition) is 2. The van der Waals surface area contributed by atoms with E-state index in [2.05, 4.69) is 16.7 Å². The Bertz CT molecular complexity index is 435. The van der Waals surface area contributed by atoms with Gasteiger partial charge >= 0.3 is 6.03 Å². The molecule has 0 aromatic heterocycles. The SMILES string of the molecule is COCC(C)NC(=O)NCCc1cc(C)ccc1OC. The molecule has 0 saturated heterocycles. The lowest BCUT2D eigenvalue weighted by Gasteiger charge is -2.14. The van der Waals surface area contributed by atoms with Crippen LogP contribution in [-0.4, -0.2) is 39.4 Å². The highest BCUT2D eigenvalue weighted by molar-refractivity contribution is 5.74. The molecule has 1 aromatic carbocycles. The molecule has 0 bridgehead atoms. The van der Waals surface area contributed by atoms with Gasteiger partial charge in [0.15, 0.2) is 0 Å². The van der Waals surface area contributed by atoms with Crippen LogP contribution in [0.2, 0.25) is 0 Å². The fourth-order valence-electron chi connectivity index (χ4n) is 1.98. The van der Waals surface area contributed by atoms with Crippen molar-refractivity contribution in [3.63, 3.8) is 0 Å². The van der Waals surface area contributed by atoms with Crippen LogP contribution in [0, 0.1) is 6.92 Å². The molecule has 0 aliphatic heterocycles. The van der Waals surface area contributed by atoms with Crippen LogP contribution in [0.25, 0.3) is 0 Å². The molecule has 0 fully saturated rings. The maximum atomic E-state index is 11.6. The predicted molar refractivity (Wildman–Crippen MR) is 79.3 cm³/mol. The number of methoxy groups -OCH3 is 2. The molecule has 5 heteroatoms. The Morgan fingerprint density at radius 3 is 2.75 bits per heavy atom. The molecule has 1 rings (SSSR count). The zero-order chi connectivity index (χ0) is 15.0. The summed E-state index contributed by atoms with van der Waals surface area (Å²) in [4.78, 5) is 11.6. The number of nitrogens with one attached hydrogen (secondary N) is 2. The van der Waals surface area contributed by atoms with Crippen molar-refractivity contribution >= 4 is 6.03 Å². The van der Waals surface area contributed by atoms with Crippen LogP contribution >= 0.6 is 0 Å². The molecular weight excluding hydrogens is 256 g/mol. The Morgan fingerprint density at radius 2 is 2.10 bits per heavy atom. The summed E-state index contributed by atoms with van der Waals surface area (Å²) in [7, 11) is 3.26. The fraction of sp³-hybridized carbons (Fsp3) is 0.533. The summed E-state index contributed by atoms with van der Waals surface area (Å²) in [6, 6.07) is 5.85. The number of hydrogen-bond acceptors (Lipinski definition) is 3. The van der Waals surface area contributed by atoms with Gasteiger partial charge in [-0.3, -0.25) is 0 Å². The van der Waals surface area contributed by atoms with E-state index in [4.69, 9.17) is 9.47 Å². The van der Waals surface area contributed by atoms with Gasteiger partial charge < -0.3 is 20.1 Å². The van der Waals surface area contributed by atoms with Crippen molar-refractivity contribution in [3.05, 3.63) is 29.3 Å². The van der Waals surface area contributed by atoms with Crippen molar-refractivity contribution in [2.75, 3.05) is 27.4 Å². The number of carbonyl (C=O) groups excluding carboxylic acids is 1. The average Bonchev–Trinajstić information content (AvgIpc) is 2.39. The van der Waals surface area contributed by atoms with Crippen molar-refractivity contribution in [3.8, 4) is 5.75 Å². The third-order valence-electron chi connectivity index (χ3n) is 2.91. The molecule has 2 N–H and O–H groups in total. The zero-order valence-corrected chi connectivity index (χ0v) is 12.7. The second-order valence-electron chi connectivity index (χ2n) is 4.82. The van der Waals surface area contributed by atoms with E-state index < -0.39 is 0 Å². The van der Waals surface area contributed by atoms with Gasteiger partial charge in [0.2, 0.25) is 0 Å². The lowest BCUT2D eigenvalue weighted by molar-refractivity contribution is 0.171. The molecule has 0 heterocycles. The van der Waals surface area contributed by atoms with E-state index in [1.54, 1.807) is 14.2 Å². The summed E-state index contributed by atoms with van der Waals surface area (Å²) >= 11 is 0. The fourth-order valence-corrected chi connectivity index (χ4v) is 1.98. The van der Waals surface area contributed by atoms with Gasteiger partial charge in [-0.1, -0.05) is 17.7 Å². The Labute approximate surface area is 120 Å². The van der Waals surface area contributed by atoms with Gasteiger partial charge in [-0.2, -0.15) is 0 Å². The summed E-state index contributed by atoms with van der Waals surface area (Å²) in [5.74, 6) is 0.852. The van der Waals surface area contributed by atoms with Crippen LogP contribution < -0.4 is 15.4 Å². The van der Waals surface area contributed by atoms with Gasteiger partial charge in [0, 0.05) is 13.7 Å². The molecule has 0 saturated carbocycles. The van der Waals surface area contributed by atoms with E-state index in [0.29, 0.717) is 13.2 Å². The van der Waals surface area contributed by atoms with Gasteiger partial charge in [-0.25, -0.2) is 4.79 Å². The minimum absolute atomic E-state index is 0.00601. The highest BCUT2D eigenvalue weighted by atomic mass is 16.5. The zero-order valence-electron chi connectivity index (χ0n) is 12.7. The van der Waals surface area contributed by atoms with Crippen LogP contribution in [0.15, 0.2) is 18.2 Å². The lowest BCUT2D eigenvalue weighted by Crippen LogP contribution is -2.43. The second kappa shape index (κ2) is 8.43. The van der Waals surface area contributed by atoms with Crippen LogP contribution in [0.5, 0.6) is 5.75 Å². The van der Waals surface area contributed by atoms with Gasteiger partial charge in [0.25, 0.3) is 0 Å². The maximum absolute atomic E-state index is 11.6. The van der Waals surface area contributed by atoms with Crippen molar-refractivity contribution in [1.82, 2.24) is 10.6 Å². The first-order valence-electron chi connectivity index (χ1n) is 6.73. The van der Waals surface area contributed by atoms with Crippen LogP contribution in [0.4, 0.5) is 4.79 Å². The first kappa shape index (κ1) is 16.3. The van der Waals surface area contributed by atoms with E-state index in [1.165, 1.54) is 5.56 Å². The van der Waals surface area contributed by atoms with E-state index in [1.807, 2.05) is 26.0 Å². The summed E-state index contributed by atoms with van der Waals surface area (Å²) in [6.45, 7) is 4.99. The number of rotatable bonds is 7. The van der Waals surface area contributed by atoms with Crippen LogP contribution in [0.3, 0.4) is 0 Å². The number of benzene rings is 1. The second-order valence-corrected chi connectivity index (χ2v) is 4.82. The summed E-state index contributed by atoms with van der Waals surface area (Å²) in [5.41, 5.74) is 2.27. The van der Waals surface area contributed by atoms with E-state index in [-0.39, 0.29) is 12.1 Å². The number of aryl methyl sites for hydroxylation is 1. The standard InChI is InChI=1S/C15H24N2O3/c1-11-5-6-14(20-4)13(9-11)7-8-16-15(18)17-12(2)10-19-3/h5-6,9,12H,7-8,10H2,1-4H3,(H2,16,17,18). The number of urea groups is 1. The highest BCUT2D eigenvalue weighted by Crippen LogP contribution is 2.19. The monoisotopic (exact) mass is 280 g/mol. The molecule has 20 heavy (non-hydrogen) atoms. The first-order chi connectivity index (χ1) is 9.56. The molecule has 0 aliphatic carbocycles. The first-order valence-corrected chi connectivity index (χ1v) is 6.73. The Balaban J connectivity index is 2.40. The van der Waals surface area contributed by atoms with E-state index in [0.717, 1.165) is 17.7 Å².